The second-order valence-electron chi connectivity index (χ2n) is 5.11. The molecule has 0 bridgehead atoms. The molecule has 0 aromatic carbocycles. The summed E-state index contributed by atoms with van der Waals surface area (Å²) in [5, 5.41) is 25.9. The summed E-state index contributed by atoms with van der Waals surface area (Å²) < 4.78 is 1.20. The van der Waals surface area contributed by atoms with E-state index in [-0.39, 0.29) is 30.1 Å². The highest BCUT2D eigenvalue weighted by molar-refractivity contribution is 5.76. The van der Waals surface area contributed by atoms with Gasteiger partial charge < -0.3 is 10.4 Å². The molecule has 1 fully saturated rings. The van der Waals surface area contributed by atoms with Crippen LogP contribution in [-0.4, -0.2) is 37.7 Å². The molecule has 0 atom stereocenters. The number of carboxylic acid groups (broad SMARTS) is 1. The Morgan fingerprint density at radius 1 is 1.43 bits per heavy atom. The number of rotatable bonds is 5. The third kappa shape index (κ3) is 4.01. The fourth-order valence-corrected chi connectivity index (χ4v) is 2.44. The summed E-state index contributed by atoms with van der Waals surface area (Å²) in [7, 11) is 0. The molecule has 0 unspecified atom stereocenters. The summed E-state index contributed by atoms with van der Waals surface area (Å²) in [4.78, 5) is 32.6. The Morgan fingerprint density at radius 3 is 2.62 bits per heavy atom. The average molecular weight is 296 g/mol. The molecule has 0 radical (unpaired) electrons. The maximum atomic E-state index is 11.8. The maximum Gasteiger partial charge on any atom is 0.307 e. The molecule has 1 saturated carbocycles. The number of carboxylic acids is 1. The monoisotopic (exact) mass is 296 g/mol. The minimum atomic E-state index is -0.788. The van der Waals surface area contributed by atoms with Crippen LogP contribution < -0.4 is 5.32 Å². The van der Waals surface area contributed by atoms with Gasteiger partial charge >= 0.3 is 11.7 Å². The first-order chi connectivity index (χ1) is 9.95. The first-order valence-electron chi connectivity index (χ1n) is 6.64. The van der Waals surface area contributed by atoms with E-state index >= 15 is 0 Å². The summed E-state index contributed by atoms with van der Waals surface area (Å²) in [6.45, 7) is -0.0906. The summed E-state index contributed by atoms with van der Waals surface area (Å²) in [5.74, 6) is -1.40. The Kier molecular flexibility index (Phi) is 4.51. The van der Waals surface area contributed by atoms with Gasteiger partial charge in [0.2, 0.25) is 5.91 Å². The van der Waals surface area contributed by atoms with E-state index in [1.165, 1.54) is 10.9 Å². The number of carbonyl (C=O) groups excluding carboxylic acids is 1. The topological polar surface area (TPSA) is 127 Å². The van der Waals surface area contributed by atoms with Crippen LogP contribution >= 0.6 is 0 Å². The van der Waals surface area contributed by atoms with Gasteiger partial charge in [-0.25, -0.2) is 0 Å². The Morgan fingerprint density at radius 2 is 2.10 bits per heavy atom. The van der Waals surface area contributed by atoms with Crippen molar-refractivity contribution in [3.05, 3.63) is 22.5 Å². The zero-order chi connectivity index (χ0) is 15.4. The third-order valence-corrected chi connectivity index (χ3v) is 3.58. The van der Waals surface area contributed by atoms with Crippen molar-refractivity contribution in [3.8, 4) is 0 Å². The van der Waals surface area contributed by atoms with Crippen LogP contribution in [0.3, 0.4) is 0 Å². The Hall–Kier alpha value is -2.45. The lowest BCUT2D eigenvalue weighted by Gasteiger charge is -2.26. The predicted octanol–water partition coefficient (Wildman–Crippen LogP) is 0.551. The molecule has 0 saturated heterocycles. The highest BCUT2D eigenvalue weighted by Gasteiger charge is 2.26. The number of carbonyl (C=O) groups is 2. The van der Waals surface area contributed by atoms with E-state index in [2.05, 4.69) is 10.4 Å². The number of hydrogen-bond acceptors (Lipinski definition) is 5. The van der Waals surface area contributed by atoms with E-state index in [4.69, 9.17) is 5.11 Å². The molecule has 1 aromatic heterocycles. The zero-order valence-electron chi connectivity index (χ0n) is 11.3. The van der Waals surface area contributed by atoms with Gasteiger partial charge in [-0.3, -0.25) is 24.4 Å². The number of nitrogens with one attached hydrogen (secondary N) is 1. The van der Waals surface area contributed by atoms with Gasteiger partial charge in [0, 0.05) is 6.04 Å². The second kappa shape index (κ2) is 6.33. The summed E-state index contributed by atoms with van der Waals surface area (Å²) >= 11 is 0. The van der Waals surface area contributed by atoms with Crippen molar-refractivity contribution < 1.29 is 19.6 Å². The molecule has 1 heterocycles. The molecule has 2 rings (SSSR count). The summed E-state index contributed by atoms with van der Waals surface area (Å²) in [6.07, 6.45) is 4.64. The lowest BCUT2D eigenvalue weighted by atomic mass is 9.86. The van der Waals surface area contributed by atoms with E-state index in [1.54, 1.807) is 0 Å². The van der Waals surface area contributed by atoms with Crippen molar-refractivity contribution in [2.45, 2.75) is 38.3 Å². The number of aliphatic carboxylic acids is 1. The van der Waals surface area contributed by atoms with Gasteiger partial charge in [-0.1, -0.05) is 0 Å². The van der Waals surface area contributed by atoms with Crippen LogP contribution in [0.1, 0.15) is 25.7 Å². The smallest absolute Gasteiger partial charge is 0.307 e. The second-order valence-corrected chi connectivity index (χ2v) is 5.11. The molecule has 0 aliphatic heterocycles. The normalized spacial score (nSPS) is 21.7. The number of aromatic nitrogens is 2. The van der Waals surface area contributed by atoms with Crippen LogP contribution in [0, 0.1) is 16.0 Å². The van der Waals surface area contributed by atoms with Crippen LogP contribution in [-0.2, 0) is 16.1 Å². The van der Waals surface area contributed by atoms with Crippen molar-refractivity contribution in [3.63, 3.8) is 0 Å². The van der Waals surface area contributed by atoms with Crippen LogP contribution in [0.25, 0.3) is 0 Å². The molecule has 1 aromatic rings. The quantitative estimate of drug-likeness (QED) is 0.603. The third-order valence-electron chi connectivity index (χ3n) is 3.58. The van der Waals surface area contributed by atoms with Gasteiger partial charge in [0.05, 0.1) is 10.8 Å². The fourth-order valence-electron chi connectivity index (χ4n) is 2.44. The maximum absolute atomic E-state index is 11.8. The molecule has 114 valence electrons. The van der Waals surface area contributed by atoms with E-state index in [0.717, 1.165) is 6.20 Å². The number of hydrogen-bond donors (Lipinski definition) is 2. The molecule has 0 spiro atoms. The number of nitro groups is 1. The van der Waals surface area contributed by atoms with Crippen molar-refractivity contribution >= 4 is 17.6 Å². The largest absolute Gasteiger partial charge is 0.481 e. The van der Waals surface area contributed by atoms with Crippen molar-refractivity contribution in [1.29, 1.82) is 0 Å². The van der Waals surface area contributed by atoms with Crippen LogP contribution in [0.5, 0.6) is 0 Å². The van der Waals surface area contributed by atoms with Gasteiger partial charge in [-0.05, 0) is 25.7 Å². The first-order valence-corrected chi connectivity index (χ1v) is 6.64. The minimum absolute atomic E-state index is 0.0429. The average Bonchev–Trinajstić information content (AvgIpc) is 2.87. The highest BCUT2D eigenvalue weighted by atomic mass is 16.6. The number of nitrogens with zero attached hydrogens (tertiary/aromatic N) is 3. The lowest BCUT2D eigenvalue weighted by Crippen LogP contribution is -2.40. The van der Waals surface area contributed by atoms with Gasteiger partial charge in [0.25, 0.3) is 0 Å². The zero-order valence-corrected chi connectivity index (χ0v) is 11.3. The first kappa shape index (κ1) is 14.9. The molecule has 2 N–H and O–H groups in total. The molecule has 1 amide bonds. The van der Waals surface area contributed by atoms with E-state index in [1.807, 2.05) is 0 Å². The Balaban J connectivity index is 1.79. The molecule has 1 aliphatic rings. The summed E-state index contributed by atoms with van der Waals surface area (Å²) in [6, 6.07) is -0.0429. The van der Waals surface area contributed by atoms with Crippen molar-refractivity contribution in [2.75, 3.05) is 0 Å². The highest BCUT2D eigenvalue weighted by Crippen LogP contribution is 2.24. The van der Waals surface area contributed by atoms with Crippen molar-refractivity contribution in [1.82, 2.24) is 15.1 Å². The predicted molar refractivity (Wildman–Crippen MR) is 70.4 cm³/mol. The molecular weight excluding hydrogens is 280 g/mol. The van der Waals surface area contributed by atoms with Gasteiger partial charge in [-0.15, -0.1) is 0 Å². The SMILES string of the molecule is O=C(Cn1cc([N+](=O)[O-])cn1)NC1CCC(C(=O)O)CC1. The van der Waals surface area contributed by atoms with Crippen LogP contribution in [0.15, 0.2) is 12.4 Å². The standard InChI is InChI=1S/C12H16N4O5/c17-11(7-15-6-10(5-13-15)16(20)21)14-9-3-1-8(2-4-9)12(18)19/h5-6,8-9H,1-4,7H2,(H,14,17)(H,18,19). The minimum Gasteiger partial charge on any atom is -0.481 e. The molecular formula is C12H16N4O5. The van der Waals surface area contributed by atoms with Gasteiger partial charge in [0.1, 0.15) is 18.9 Å². The Bertz CT molecular complexity index is 548. The fraction of sp³-hybridized carbons (Fsp3) is 0.583. The molecule has 1 aliphatic carbocycles. The summed E-state index contributed by atoms with van der Waals surface area (Å²) in [5.41, 5.74) is -0.162. The van der Waals surface area contributed by atoms with Gasteiger partial charge in [-0.2, -0.15) is 5.10 Å². The van der Waals surface area contributed by atoms with E-state index in [9.17, 15) is 19.7 Å². The van der Waals surface area contributed by atoms with E-state index in [0.29, 0.717) is 25.7 Å². The van der Waals surface area contributed by atoms with E-state index < -0.39 is 10.9 Å². The lowest BCUT2D eigenvalue weighted by molar-refractivity contribution is -0.385. The molecule has 9 nitrogen and oxygen atoms in total. The Labute approximate surface area is 120 Å². The molecule has 9 heteroatoms. The van der Waals surface area contributed by atoms with Crippen LogP contribution in [0.2, 0.25) is 0 Å². The molecule has 21 heavy (non-hydrogen) atoms. The van der Waals surface area contributed by atoms with Crippen molar-refractivity contribution in [2.24, 2.45) is 5.92 Å². The van der Waals surface area contributed by atoms with Gasteiger partial charge in [0.15, 0.2) is 0 Å². The number of amides is 1. The van der Waals surface area contributed by atoms with Crippen LogP contribution in [0.4, 0.5) is 5.69 Å².